The van der Waals surface area contributed by atoms with Crippen LogP contribution in [0.5, 0.6) is 0 Å². The SMILES string of the molecule is C[C@H]1CC[C@@]2(OC1)O[C@H]1C[C@H]3[C@@H]4CC[C@@H]5C[C@@H](O[C@H](O)/C(O)=C(\O)C(O)CCO)CC[C@]5(C)[C@H]4CC[C@]3(C)[C@H]1[C@@H]2C. The van der Waals surface area contributed by atoms with Crippen LogP contribution < -0.4 is 0 Å². The Morgan fingerprint density at radius 1 is 0.902 bits per heavy atom. The molecule has 2 heterocycles. The van der Waals surface area contributed by atoms with E-state index in [2.05, 4.69) is 27.7 Å². The molecule has 1 unspecified atom stereocenters. The zero-order valence-corrected chi connectivity index (χ0v) is 25.5. The summed E-state index contributed by atoms with van der Waals surface area (Å²) in [7, 11) is 0. The summed E-state index contributed by atoms with van der Waals surface area (Å²) >= 11 is 0. The molecule has 234 valence electrons. The van der Waals surface area contributed by atoms with Gasteiger partial charge in [0, 0.05) is 25.4 Å². The van der Waals surface area contributed by atoms with Gasteiger partial charge in [-0.1, -0.05) is 27.7 Å². The van der Waals surface area contributed by atoms with Gasteiger partial charge in [-0.25, -0.2) is 0 Å². The Morgan fingerprint density at radius 3 is 2.37 bits per heavy atom. The molecule has 8 nitrogen and oxygen atoms in total. The van der Waals surface area contributed by atoms with Gasteiger partial charge in [0.25, 0.3) is 0 Å². The number of aliphatic hydroxyl groups is 5. The molecule has 0 aromatic heterocycles. The Morgan fingerprint density at radius 2 is 1.66 bits per heavy atom. The summed E-state index contributed by atoms with van der Waals surface area (Å²) in [5.41, 5.74) is 0.543. The smallest absolute Gasteiger partial charge is 0.217 e. The predicted octanol–water partition coefficient (Wildman–Crippen LogP) is 5.21. The van der Waals surface area contributed by atoms with Gasteiger partial charge >= 0.3 is 0 Å². The number of hydrogen-bond acceptors (Lipinski definition) is 8. The van der Waals surface area contributed by atoms with E-state index in [1.54, 1.807) is 0 Å². The van der Waals surface area contributed by atoms with Crippen molar-refractivity contribution in [3.05, 3.63) is 11.5 Å². The zero-order chi connectivity index (χ0) is 29.3. The minimum Gasteiger partial charge on any atom is -0.506 e. The first kappa shape index (κ1) is 30.1. The highest BCUT2D eigenvalue weighted by Crippen LogP contribution is 2.71. The van der Waals surface area contributed by atoms with E-state index in [9.17, 15) is 20.4 Å². The van der Waals surface area contributed by atoms with E-state index in [1.807, 2.05) is 0 Å². The number of ether oxygens (including phenoxy) is 3. The van der Waals surface area contributed by atoms with E-state index in [-0.39, 0.29) is 30.3 Å². The molecule has 1 spiro atoms. The van der Waals surface area contributed by atoms with Crippen LogP contribution in [0.2, 0.25) is 0 Å². The summed E-state index contributed by atoms with van der Waals surface area (Å²) in [6.07, 6.45) is 7.79. The quantitative estimate of drug-likeness (QED) is 0.215. The van der Waals surface area contributed by atoms with Gasteiger partial charge in [0.2, 0.25) is 6.29 Å². The maximum Gasteiger partial charge on any atom is 0.217 e. The fourth-order valence-electron chi connectivity index (χ4n) is 11.2. The van der Waals surface area contributed by atoms with Crippen molar-refractivity contribution in [1.82, 2.24) is 0 Å². The third-order valence-corrected chi connectivity index (χ3v) is 13.4. The molecule has 4 aliphatic carbocycles. The summed E-state index contributed by atoms with van der Waals surface area (Å²) in [6.45, 7) is 10.2. The molecular formula is C33H54O8. The van der Waals surface area contributed by atoms with Crippen LogP contribution in [-0.2, 0) is 14.2 Å². The fraction of sp³-hybridized carbons (Fsp3) is 0.939. The average Bonchev–Trinajstić information content (AvgIpc) is 3.39. The molecule has 6 aliphatic rings. The number of rotatable bonds is 6. The van der Waals surface area contributed by atoms with Crippen LogP contribution in [-0.4, -0.2) is 69.1 Å². The molecule has 0 aromatic carbocycles. The third-order valence-electron chi connectivity index (χ3n) is 13.4. The van der Waals surface area contributed by atoms with Gasteiger partial charge in [-0.05, 0) is 104 Å². The Hall–Kier alpha value is -0.900. The minimum atomic E-state index is -1.69. The molecule has 0 bridgehead atoms. The molecular weight excluding hydrogens is 524 g/mol. The molecule has 14 atom stereocenters. The number of aliphatic hydroxyl groups excluding tert-OH is 5. The first-order valence-corrected chi connectivity index (χ1v) is 16.5. The molecule has 41 heavy (non-hydrogen) atoms. The summed E-state index contributed by atoms with van der Waals surface area (Å²) in [5.74, 6) is 2.36. The van der Waals surface area contributed by atoms with Gasteiger partial charge in [0.1, 0.15) is 6.10 Å². The van der Waals surface area contributed by atoms with Crippen LogP contribution in [0.3, 0.4) is 0 Å². The van der Waals surface area contributed by atoms with Crippen LogP contribution in [0.4, 0.5) is 0 Å². The van der Waals surface area contributed by atoms with Crippen molar-refractivity contribution in [3.63, 3.8) is 0 Å². The molecule has 0 amide bonds. The predicted molar refractivity (Wildman–Crippen MR) is 153 cm³/mol. The fourth-order valence-corrected chi connectivity index (χ4v) is 11.2. The Kier molecular flexibility index (Phi) is 8.03. The highest BCUT2D eigenvalue weighted by Gasteiger charge is 2.69. The first-order chi connectivity index (χ1) is 19.4. The van der Waals surface area contributed by atoms with E-state index in [4.69, 9.17) is 19.3 Å². The Balaban J connectivity index is 1.11. The van der Waals surface area contributed by atoms with Crippen LogP contribution in [0, 0.1) is 52.3 Å². The lowest BCUT2D eigenvalue weighted by molar-refractivity contribution is -0.273. The lowest BCUT2D eigenvalue weighted by Crippen LogP contribution is -2.55. The van der Waals surface area contributed by atoms with E-state index in [0.29, 0.717) is 47.0 Å². The van der Waals surface area contributed by atoms with Gasteiger partial charge in [-0.2, -0.15) is 0 Å². The van der Waals surface area contributed by atoms with Gasteiger partial charge in [-0.3, -0.25) is 0 Å². The van der Waals surface area contributed by atoms with Crippen LogP contribution in [0.1, 0.15) is 98.3 Å². The molecule has 6 fully saturated rings. The van der Waals surface area contributed by atoms with Gasteiger partial charge < -0.3 is 39.7 Å². The second kappa shape index (κ2) is 10.9. The molecule has 6 rings (SSSR count). The maximum absolute atomic E-state index is 10.5. The maximum atomic E-state index is 10.5. The largest absolute Gasteiger partial charge is 0.506 e. The topological polar surface area (TPSA) is 129 Å². The second-order valence-electron chi connectivity index (χ2n) is 15.4. The van der Waals surface area contributed by atoms with Crippen LogP contribution in [0.25, 0.3) is 0 Å². The lowest BCUT2D eigenvalue weighted by atomic mass is 9.44. The summed E-state index contributed by atoms with van der Waals surface area (Å²) in [6, 6.07) is 0. The van der Waals surface area contributed by atoms with E-state index >= 15 is 0 Å². The van der Waals surface area contributed by atoms with E-state index in [1.165, 1.54) is 32.1 Å². The molecule has 0 aromatic rings. The average molecular weight is 579 g/mol. The monoisotopic (exact) mass is 578 g/mol. The molecule has 8 heteroatoms. The third kappa shape index (κ3) is 4.78. The van der Waals surface area contributed by atoms with Crippen molar-refractivity contribution in [3.8, 4) is 0 Å². The van der Waals surface area contributed by atoms with E-state index in [0.717, 1.165) is 44.6 Å². The highest BCUT2D eigenvalue weighted by atomic mass is 16.7. The minimum absolute atomic E-state index is 0.129. The molecule has 2 aliphatic heterocycles. The lowest BCUT2D eigenvalue weighted by Gasteiger charge is -2.61. The zero-order valence-electron chi connectivity index (χ0n) is 25.5. The summed E-state index contributed by atoms with van der Waals surface area (Å²) in [4.78, 5) is 0. The summed E-state index contributed by atoms with van der Waals surface area (Å²) < 4.78 is 19.2. The first-order valence-electron chi connectivity index (χ1n) is 16.5. The van der Waals surface area contributed by atoms with Crippen molar-refractivity contribution >= 4 is 0 Å². The van der Waals surface area contributed by atoms with Crippen molar-refractivity contribution in [1.29, 1.82) is 0 Å². The molecule has 4 saturated carbocycles. The standard InChI is InChI=1S/C33H54O8/c1-18-7-13-33(39-17-18)19(2)27-26(41-33)16-24-22-6-5-20-15-21(40-30(38)29(37)28(36)25(35)10-14-34)8-11-31(20,3)23(22)9-12-32(24,27)4/h18-27,30,34-38H,5-17H2,1-4H3/b29-28+/t18-,19-,20+,21-,22+,23-,24-,25?,26-,27-,30-,31-,32-,33+/m0/s1. The van der Waals surface area contributed by atoms with Crippen molar-refractivity contribution in [2.24, 2.45) is 52.3 Å². The molecule has 0 radical (unpaired) electrons. The molecule has 2 saturated heterocycles. The Labute approximate surface area is 245 Å². The van der Waals surface area contributed by atoms with Gasteiger partial charge in [0.05, 0.1) is 18.8 Å². The Bertz CT molecular complexity index is 992. The van der Waals surface area contributed by atoms with Crippen molar-refractivity contribution < 1.29 is 39.7 Å². The number of fused-ring (bicyclic) bond motifs is 7. The van der Waals surface area contributed by atoms with Crippen LogP contribution >= 0.6 is 0 Å². The second-order valence-corrected chi connectivity index (χ2v) is 15.4. The van der Waals surface area contributed by atoms with Crippen molar-refractivity contribution in [2.75, 3.05) is 13.2 Å². The van der Waals surface area contributed by atoms with Crippen LogP contribution in [0.15, 0.2) is 11.5 Å². The van der Waals surface area contributed by atoms with Gasteiger partial charge in [-0.15, -0.1) is 0 Å². The van der Waals surface area contributed by atoms with Crippen molar-refractivity contribution in [2.45, 2.75) is 129 Å². The summed E-state index contributed by atoms with van der Waals surface area (Å²) in [5, 5.41) is 49.6. The van der Waals surface area contributed by atoms with Gasteiger partial charge in [0.15, 0.2) is 17.3 Å². The molecule has 5 N–H and O–H groups in total. The highest BCUT2D eigenvalue weighted by molar-refractivity contribution is 5.15. The van der Waals surface area contributed by atoms with E-state index < -0.39 is 23.9 Å². The number of hydrogen-bond donors (Lipinski definition) is 5. The normalized spacial score (nSPS) is 51.2.